The van der Waals surface area contributed by atoms with E-state index in [4.69, 9.17) is 4.98 Å². The van der Waals surface area contributed by atoms with E-state index in [-0.39, 0.29) is 5.92 Å². The van der Waals surface area contributed by atoms with Gasteiger partial charge in [0.15, 0.2) is 0 Å². The van der Waals surface area contributed by atoms with Crippen molar-refractivity contribution in [3.05, 3.63) is 215 Å². The molecule has 0 N–H and O–H groups in total. The van der Waals surface area contributed by atoms with Crippen LogP contribution in [0.4, 0.5) is 0 Å². The van der Waals surface area contributed by atoms with Gasteiger partial charge in [0.25, 0.3) is 0 Å². The Balaban J connectivity index is 1.14. The van der Waals surface area contributed by atoms with Gasteiger partial charge in [-0.25, -0.2) is 4.98 Å². The molecule has 0 saturated carbocycles. The molecule has 87 heavy (non-hydrogen) atoms. The number of benzene rings is 7. The zero-order chi connectivity index (χ0) is 58.8. The van der Waals surface area contributed by atoms with Gasteiger partial charge in [0.2, 0.25) is 0 Å². The van der Waals surface area contributed by atoms with Crippen LogP contribution in [0.1, 0.15) is 146 Å². The van der Waals surface area contributed by atoms with Crippen molar-refractivity contribution in [2.75, 3.05) is 0 Å². The third-order valence-electron chi connectivity index (χ3n) is 20.9. The molecule has 0 saturated heterocycles. The summed E-state index contributed by atoms with van der Waals surface area (Å²) in [4.78, 5) is 6.32. The first kappa shape index (κ1) is 53.8. The minimum atomic E-state index is -0.457. The van der Waals surface area contributed by atoms with Gasteiger partial charge < -0.3 is 0 Å². The second-order valence-electron chi connectivity index (χ2n) is 26.2. The zero-order valence-corrected chi connectivity index (χ0v) is 52.0. The van der Waals surface area contributed by atoms with Gasteiger partial charge in [0.05, 0.1) is 27.6 Å². The number of aromatic nitrogens is 5. The smallest absolute Gasteiger partial charge is 0.131 e. The predicted molar refractivity (Wildman–Crippen MR) is 374 cm³/mol. The number of unbranched alkanes of at least 4 members (excludes halogenated alkanes) is 4. The molecule has 5 heteroatoms. The van der Waals surface area contributed by atoms with E-state index in [0.717, 1.165) is 71.4 Å². The highest BCUT2D eigenvalue weighted by Crippen LogP contribution is 2.51. The number of aryl methyl sites for hydroxylation is 4. The lowest BCUT2D eigenvalue weighted by Crippen LogP contribution is -2.33. The lowest BCUT2D eigenvalue weighted by molar-refractivity contribution is 0.437. The minimum Gasteiger partial charge on any atom is -0.299 e. The first-order valence-corrected chi connectivity index (χ1v) is 33.1. The number of hydrogen-bond acceptors (Lipinski definition) is 1. The molecule has 8 bridgehead atoms. The average molecular weight is 1130 g/mol. The standard InChI is InChI=1S/C82H79N5/c1-8-12-23-53-35-39-69-65(43-53)75-67-45-55(25-14-10-3)37-41-71(67)86-63-33-19-29-59(49-63)78-73(57-27-17-31-61(47-57)84(69)80(75)86)77(82(7)51(5)21-16-22-52(82)6)74-58-28-18-32-62(48-58)85-70-40-36-54(24-13-9-2)44-66(70)76-68-46-56(26-15-11-4)38-42-72(68)87(81(76)85)64-34-20-30-60(50-64)79(74)83-78/h16-22,27-37,39-41,43-51H,8-15,23-26,38,42H2,1-7H3. The maximum absolute atomic E-state index is 6.32. The van der Waals surface area contributed by atoms with Crippen molar-refractivity contribution in [2.24, 2.45) is 5.92 Å². The van der Waals surface area contributed by atoms with Crippen LogP contribution in [0.5, 0.6) is 0 Å². The van der Waals surface area contributed by atoms with Crippen molar-refractivity contribution in [3.8, 4) is 0 Å². The number of hydrogen-bond donors (Lipinski definition) is 0. The molecule has 432 valence electrons. The average Bonchev–Trinajstić information content (AvgIpc) is 1.67. The van der Waals surface area contributed by atoms with E-state index in [2.05, 4.69) is 242 Å². The van der Waals surface area contributed by atoms with Crippen LogP contribution in [-0.4, -0.2) is 22.6 Å². The fourth-order valence-corrected chi connectivity index (χ4v) is 16.1. The Labute approximate surface area is 510 Å². The Hall–Kier alpha value is -8.67. The van der Waals surface area contributed by atoms with E-state index in [0.29, 0.717) is 0 Å². The Morgan fingerprint density at radius 2 is 0.908 bits per heavy atom. The van der Waals surface area contributed by atoms with E-state index in [1.54, 1.807) is 5.57 Å². The molecule has 0 aliphatic heterocycles. The largest absolute Gasteiger partial charge is 0.299 e. The fraction of sp³-hybridized carbons (Fsp3) is 0.280. The highest BCUT2D eigenvalue weighted by molar-refractivity contribution is 6.24. The highest BCUT2D eigenvalue weighted by atomic mass is 15.1. The Bertz CT molecular complexity index is 5390. The summed E-state index contributed by atoms with van der Waals surface area (Å²) in [6.45, 7) is 16.6. The van der Waals surface area contributed by atoms with Crippen LogP contribution in [0, 0.1) is 5.92 Å². The molecule has 0 radical (unpaired) electrons. The summed E-state index contributed by atoms with van der Waals surface area (Å²) >= 11 is 0. The molecule has 2 aliphatic carbocycles. The molecule has 2 aliphatic rings. The van der Waals surface area contributed by atoms with Crippen molar-refractivity contribution < 1.29 is 0 Å². The molecule has 0 fully saturated rings. The lowest BCUT2D eigenvalue weighted by Gasteiger charge is -2.40. The number of nitrogens with zero attached hydrogens (tertiary/aromatic N) is 5. The van der Waals surface area contributed by atoms with Gasteiger partial charge in [-0.3, -0.25) is 17.6 Å². The summed E-state index contributed by atoms with van der Waals surface area (Å²) in [5.74, 6) is 0.153. The van der Waals surface area contributed by atoms with Crippen LogP contribution in [0.3, 0.4) is 0 Å². The number of fused-ring (bicyclic) bond motifs is 30. The molecule has 7 aromatic heterocycles. The lowest BCUT2D eigenvalue weighted by atomic mass is 9.64. The molecule has 0 amide bonds. The number of allylic oxidation sites excluding steroid dienone is 5. The number of rotatable bonds is 13. The van der Waals surface area contributed by atoms with E-state index < -0.39 is 5.41 Å². The van der Waals surface area contributed by atoms with E-state index >= 15 is 0 Å². The maximum Gasteiger partial charge on any atom is 0.131 e. The summed E-state index contributed by atoms with van der Waals surface area (Å²) in [5, 5.41) is 13.6. The SMILES string of the molecule is CCCCC1=Cc2c(n3c4cccc(c4)c4nc5c6cccc(c6)n6c7ccc(CCCC)cc7c7c8cc(CCCC)ccc8n(c8cccc(c8)c5c(C5(C)C(C)=CC=CC5C)c4c4cccc(c4)n4c5ccc(CCCC)cc5c2c34)c76)CC1. The normalized spacial score (nSPS) is 16.5. The summed E-state index contributed by atoms with van der Waals surface area (Å²) in [6, 6.07) is 60.1. The zero-order valence-electron chi connectivity index (χ0n) is 52.0. The molecule has 2 atom stereocenters. The van der Waals surface area contributed by atoms with Gasteiger partial charge in [-0.1, -0.05) is 169 Å². The number of pyridine rings is 1. The molecule has 7 aromatic carbocycles. The Morgan fingerprint density at radius 1 is 0.471 bits per heavy atom. The quantitative estimate of drug-likeness (QED) is 0.113. The molecule has 5 nitrogen and oxygen atoms in total. The summed E-state index contributed by atoms with van der Waals surface area (Å²) < 4.78 is 10.5. The third kappa shape index (κ3) is 8.20. The van der Waals surface area contributed by atoms with Gasteiger partial charge in [-0.05, 0) is 195 Å². The van der Waals surface area contributed by atoms with E-state index in [9.17, 15) is 0 Å². The molecule has 2 unspecified atom stereocenters. The van der Waals surface area contributed by atoms with E-state index in [1.807, 2.05) is 0 Å². The van der Waals surface area contributed by atoms with Crippen molar-refractivity contribution in [1.82, 2.24) is 22.6 Å². The molecule has 16 rings (SSSR count). The molecular weight excluding hydrogens is 1050 g/mol. The van der Waals surface area contributed by atoms with Crippen molar-refractivity contribution >= 4 is 126 Å². The first-order chi connectivity index (χ1) is 42.7. The minimum absolute atomic E-state index is 0.153. The van der Waals surface area contributed by atoms with E-state index in [1.165, 1.54) is 178 Å². The van der Waals surface area contributed by atoms with Crippen LogP contribution in [0.2, 0.25) is 0 Å². The van der Waals surface area contributed by atoms with Crippen LogP contribution in [-0.2, 0) is 31.1 Å². The van der Waals surface area contributed by atoms with Gasteiger partial charge in [0.1, 0.15) is 11.3 Å². The molecule has 0 spiro atoms. The van der Waals surface area contributed by atoms with Gasteiger partial charge in [-0.15, -0.1) is 0 Å². The van der Waals surface area contributed by atoms with Crippen molar-refractivity contribution in [2.45, 2.75) is 144 Å². The van der Waals surface area contributed by atoms with Crippen LogP contribution >= 0.6 is 0 Å². The second kappa shape index (κ2) is 21.0. The molecule has 14 aromatic rings. The fourth-order valence-electron chi connectivity index (χ4n) is 16.1. The Kier molecular flexibility index (Phi) is 13.0. The molecular formula is C82H79N5. The van der Waals surface area contributed by atoms with Gasteiger partial charge in [-0.2, -0.15) is 0 Å². The second-order valence-corrected chi connectivity index (χ2v) is 26.2. The van der Waals surface area contributed by atoms with Gasteiger partial charge >= 0.3 is 0 Å². The topological polar surface area (TPSA) is 30.5 Å². The van der Waals surface area contributed by atoms with Crippen molar-refractivity contribution in [3.63, 3.8) is 0 Å². The van der Waals surface area contributed by atoms with Gasteiger partial charge in [0, 0.05) is 87.2 Å². The monoisotopic (exact) mass is 1130 g/mol. The Morgan fingerprint density at radius 3 is 1.39 bits per heavy atom. The van der Waals surface area contributed by atoms with Crippen molar-refractivity contribution in [1.29, 1.82) is 0 Å². The first-order valence-electron chi connectivity index (χ1n) is 33.1. The summed E-state index contributed by atoms with van der Waals surface area (Å²) in [5.41, 5.74) is 23.6. The third-order valence-corrected chi connectivity index (χ3v) is 20.9. The predicted octanol–water partition coefficient (Wildman–Crippen LogP) is 22.6. The maximum atomic E-state index is 6.32. The van der Waals surface area contributed by atoms with Crippen LogP contribution in [0.15, 0.2) is 181 Å². The highest BCUT2D eigenvalue weighted by Gasteiger charge is 2.39. The van der Waals surface area contributed by atoms with Crippen LogP contribution in [0.25, 0.3) is 126 Å². The summed E-state index contributed by atoms with van der Waals surface area (Å²) in [7, 11) is 0. The molecule has 7 heterocycles. The van der Waals surface area contributed by atoms with Crippen LogP contribution < -0.4 is 0 Å². The summed E-state index contributed by atoms with van der Waals surface area (Å²) in [6.07, 6.45) is 25.6.